The summed E-state index contributed by atoms with van der Waals surface area (Å²) < 4.78 is 3.43. The smallest absolute Gasteiger partial charge is 0.297 e. The van der Waals surface area contributed by atoms with Gasteiger partial charge in [0.2, 0.25) is 0 Å². The Morgan fingerprint density at radius 3 is 2.60 bits per heavy atom. The zero-order chi connectivity index (χ0) is 24.5. The number of pyridine rings is 1. The highest BCUT2D eigenvalue weighted by Gasteiger charge is 2.53. The Morgan fingerprint density at radius 2 is 1.89 bits per heavy atom. The van der Waals surface area contributed by atoms with E-state index in [4.69, 9.17) is 0 Å². The van der Waals surface area contributed by atoms with Crippen molar-refractivity contribution in [2.45, 2.75) is 52.6 Å². The van der Waals surface area contributed by atoms with Crippen molar-refractivity contribution < 1.29 is 4.79 Å². The SMILES string of the molecule is CCCCc1cn(C2C(=O)C2C(C)C)c(=O)n1Cc1cc(-c2cccc(-c3nnn[nH]3)c2)ccn1. The van der Waals surface area contributed by atoms with Gasteiger partial charge in [-0.2, -0.15) is 0 Å². The van der Waals surface area contributed by atoms with Crippen LogP contribution in [0.25, 0.3) is 22.5 Å². The number of hydrogen-bond donors (Lipinski definition) is 1. The number of tetrazole rings is 1. The maximum Gasteiger partial charge on any atom is 0.329 e. The van der Waals surface area contributed by atoms with Crippen molar-refractivity contribution in [3.8, 4) is 22.5 Å². The standard InChI is InChI=1S/C26H29N7O2/c1-4-5-9-21-15-33(23-22(16(2)3)24(23)34)26(35)32(21)14-20-13-18(10-11-27-20)17-7-6-8-19(12-17)25-28-30-31-29-25/h6-8,10-13,15-16,22-23H,4-5,9,14H2,1-3H3,(H,28,29,30,31). The summed E-state index contributed by atoms with van der Waals surface area (Å²) in [5.74, 6) is 0.909. The minimum absolute atomic E-state index is 0.0733. The van der Waals surface area contributed by atoms with Crippen LogP contribution in [0.15, 0.2) is 53.6 Å². The van der Waals surface area contributed by atoms with Gasteiger partial charge in [-0.3, -0.25) is 18.9 Å². The fourth-order valence-corrected chi connectivity index (χ4v) is 4.76. The average Bonchev–Trinajstić information content (AvgIpc) is 3.18. The molecule has 0 saturated heterocycles. The van der Waals surface area contributed by atoms with Crippen LogP contribution in [0.1, 0.15) is 51.0 Å². The van der Waals surface area contributed by atoms with Gasteiger partial charge in [0, 0.05) is 23.7 Å². The summed E-state index contributed by atoms with van der Waals surface area (Å²) in [6, 6.07) is 11.6. The van der Waals surface area contributed by atoms with E-state index in [0.717, 1.165) is 47.3 Å². The second-order valence-corrected chi connectivity index (χ2v) is 9.48. The molecule has 1 saturated carbocycles. The quantitative estimate of drug-likeness (QED) is 0.399. The lowest BCUT2D eigenvalue weighted by atomic mass is 10.0. The number of benzene rings is 1. The molecule has 0 amide bonds. The van der Waals surface area contributed by atoms with Crippen molar-refractivity contribution in [1.82, 2.24) is 34.7 Å². The van der Waals surface area contributed by atoms with Crippen molar-refractivity contribution in [1.29, 1.82) is 0 Å². The molecule has 9 nitrogen and oxygen atoms in total. The van der Waals surface area contributed by atoms with E-state index in [1.807, 2.05) is 56.4 Å². The first-order valence-electron chi connectivity index (χ1n) is 12.1. The van der Waals surface area contributed by atoms with E-state index >= 15 is 0 Å². The van der Waals surface area contributed by atoms with Gasteiger partial charge in [0.05, 0.1) is 18.2 Å². The molecule has 5 rings (SSSR count). The summed E-state index contributed by atoms with van der Waals surface area (Å²) in [5, 5.41) is 14.1. The zero-order valence-electron chi connectivity index (χ0n) is 20.2. The van der Waals surface area contributed by atoms with Crippen LogP contribution in [0, 0.1) is 11.8 Å². The lowest BCUT2D eigenvalue weighted by Gasteiger charge is -2.09. The van der Waals surface area contributed by atoms with Gasteiger partial charge >= 0.3 is 5.69 Å². The number of aryl methyl sites for hydroxylation is 1. The van der Waals surface area contributed by atoms with Crippen molar-refractivity contribution >= 4 is 5.78 Å². The predicted molar refractivity (Wildman–Crippen MR) is 132 cm³/mol. The highest BCUT2D eigenvalue weighted by molar-refractivity contribution is 6.01. The molecule has 1 fully saturated rings. The molecular weight excluding hydrogens is 442 g/mol. The molecule has 1 aliphatic carbocycles. The molecule has 180 valence electrons. The number of aromatic amines is 1. The number of carbonyl (C=O) groups is 1. The Morgan fingerprint density at radius 1 is 1.09 bits per heavy atom. The van der Waals surface area contributed by atoms with Gasteiger partial charge in [0.1, 0.15) is 6.04 Å². The number of imidazole rings is 1. The van der Waals surface area contributed by atoms with Crippen LogP contribution in [0.3, 0.4) is 0 Å². The van der Waals surface area contributed by atoms with Gasteiger partial charge in [-0.15, -0.1) is 5.10 Å². The fourth-order valence-electron chi connectivity index (χ4n) is 4.76. The maximum absolute atomic E-state index is 13.4. The molecule has 9 heteroatoms. The van der Waals surface area contributed by atoms with E-state index in [1.54, 1.807) is 15.3 Å². The monoisotopic (exact) mass is 471 g/mol. The third kappa shape index (κ3) is 4.45. The molecule has 0 aliphatic heterocycles. The average molecular weight is 472 g/mol. The number of carbonyl (C=O) groups excluding carboxylic acids is 1. The van der Waals surface area contributed by atoms with Crippen LogP contribution in [0.5, 0.6) is 0 Å². The van der Waals surface area contributed by atoms with E-state index < -0.39 is 0 Å². The van der Waals surface area contributed by atoms with Crippen molar-refractivity contribution in [2.75, 3.05) is 0 Å². The summed E-state index contributed by atoms with van der Waals surface area (Å²) in [5.41, 5.74) is 4.48. The van der Waals surface area contributed by atoms with E-state index in [-0.39, 0.29) is 29.4 Å². The maximum atomic E-state index is 13.4. The van der Waals surface area contributed by atoms with Crippen LogP contribution >= 0.6 is 0 Å². The molecular formula is C26H29N7O2. The molecule has 3 heterocycles. The third-order valence-corrected chi connectivity index (χ3v) is 6.69. The summed E-state index contributed by atoms with van der Waals surface area (Å²) in [4.78, 5) is 30.4. The minimum Gasteiger partial charge on any atom is -0.297 e. The topological polar surface area (TPSA) is 111 Å². The molecule has 3 aromatic heterocycles. The fraction of sp³-hybridized carbons (Fsp3) is 0.385. The van der Waals surface area contributed by atoms with Gasteiger partial charge in [-0.05, 0) is 58.5 Å². The zero-order valence-corrected chi connectivity index (χ0v) is 20.2. The molecule has 1 N–H and O–H groups in total. The van der Waals surface area contributed by atoms with Crippen LogP contribution in [-0.2, 0) is 17.8 Å². The molecule has 2 atom stereocenters. The Kier molecular flexibility index (Phi) is 6.15. The second-order valence-electron chi connectivity index (χ2n) is 9.48. The van der Waals surface area contributed by atoms with E-state index in [2.05, 4.69) is 32.5 Å². The molecule has 35 heavy (non-hydrogen) atoms. The van der Waals surface area contributed by atoms with Gasteiger partial charge in [-0.25, -0.2) is 9.89 Å². The highest BCUT2D eigenvalue weighted by atomic mass is 16.2. The molecule has 2 unspecified atom stereocenters. The van der Waals surface area contributed by atoms with E-state index in [1.165, 1.54) is 0 Å². The summed E-state index contributed by atoms with van der Waals surface area (Å²) in [7, 11) is 0. The largest absolute Gasteiger partial charge is 0.329 e. The number of ketones is 1. The summed E-state index contributed by atoms with van der Waals surface area (Å²) in [6.45, 7) is 6.56. The van der Waals surface area contributed by atoms with Gasteiger partial charge < -0.3 is 0 Å². The van der Waals surface area contributed by atoms with Crippen LogP contribution in [0.2, 0.25) is 0 Å². The number of H-pyrrole nitrogens is 1. The Hall–Kier alpha value is -3.88. The molecule has 0 bridgehead atoms. The second kappa shape index (κ2) is 9.40. The molecule has 1 aromatic carbocycles. The lowest BCUT2D eigenvalue weighted by Crippen LogP contribution is -2.26. The highest BCUT2D eigenvalue weighted by Crippen LogP contribution is 2.43. The summed E-state index contributed by atoms with van der Waals surface area (Å²) in [6.07, 6.45) is 6.45. The molecule has 1 aliphatic rings. The number of nitrogens with zero attached hydrogens (tertiary/aromatic N) is 6. The molecule has 0 radical (unpaired) electrons. The Bertz CT molecular complexity index is 1400. The number of unbranched alkanes of at least 4 members (excludes halogenated alkanes) is 1. The number of rotatable bonds is 9. The number of nitrogens with one attached hydrogen (secondary N) is 1. The first-order chi connectivity index (χ1) is 17.0. The van der Waals surface area contributed by atoms with Gasteiger partial charge in [-0.1, -0.05) is 45.4 Å². The van der Waals surface area contributed by atoms with Gasteiger partial charge in [0.25, 0.3) is 0 Å². The third-order valence-electron chi connectivity index (χ3n) is 6.69. The first kappa shape index (κ1) is 22.9. The van der Waals surface area contributed by atoms with Crippen LogP contribution in [0.4, 0.5) is 0 Å². The van der Waals surface area contributed by atoms with Gasteiger partial charge in [0.15, 0.2) is 11.6 Å². The Balaban J connectivity index is 1.46. The summed E-state index contributed by atoms with van der Waals surface area (Å²) >= 11 is 0. The van der Waals surface area contributed by atoms with E-state index in [9.17, 15) is 9.59 Å². The number of hydrogen-bond acceptors (Lipinski definition) is 6. The van der Waals surface area contributed by atoms with Crippen LogP contribution < -0.4 is 5.69 Å². The van der Waals surface area contributed by atoms with Crippen LogP contribution in [-0.4, -0.2) is 40.5 Å². The number of aromatic nitrogens is 7. The molecule has 0 spiro atoms. The van der Waals surface area contributed by atoms with E-state index in [0.29, 0.717) is 12.4 Å². The Labute approximate surface area is 203 Å². The molecule has 4 aromatic rings. The minimum atomic E-state index is -0.336. The van der Waals surface area contributed by atoms with Crippen molar-refractivity contribution in [2.24, 2.45) is 11.8 Å². The lowest BCUT2D eigenvalue weighted by molar-refractivity contribution is -0.112. The van der Waals surface area contributed by atoms with Crippen molar-refractivity contribution in [3.63, 3.8) is 0 Å². The number of Topliss-reactive ketones (excluding diaryl/α,β-unsaturated/α-hetero) is 1. The first-order valence-corrected chi connectivity index (χ1v) is 12.1. The normalized spacial score (nSPS) is 17.3. The van der Waals surface area contributed by atoms with Crippen molar-refractivity contribution in [3.05, 3.63) is 70.7 Å². The predicted octanol–water partition coefficient (Wildman–Crippen LogP) is 3.68.